The molecule has 6 nitrogen and oxygen atoms in total. The molecule has 0 unspecified atom stereocenters. The lowest BCUT2D eigenvalue weighted by molar-refractivity contribution is 0.00857. The molecule has 88 valence electrons. The van der Waals surface area contributed by atoms with E-state index in [9.17, 15) is 14.4 Å². The monoisotopic (exact) mass is 234 g/mol. The van der Waals surface area contributed by atoms with Crippen molar-refractivity contribution in [1.82, 2.24) is 10.0 Å². The van der Waals surface area contributed by atoms with E-state index in [0.29, 0.717) is 10.0 Å². The van der Waals surface area contributed by atoms with Gasteiger partial charge in [0.25, 0.3) is 11.8 Å². The van der Waals surface area contributed by atoms with Gasteiger partial charge < -0.3 is 5.11 Å². The van der Waals surface area contributed by atoms with E-state index in [1.54, 1.807) is 19.1 Å². The maximum atomic E-state index is 11.9. The van der Waals surface area contributed by atoms with Crippen LogP contribution < -0.4 is 0 Å². The summed E-state index contributed by atoms with van der Waals surface area (Å²) in [6, 6.07) is 6.27. The molecule has 1 aromatic rings. The van der Waals surface area contributed by atoms with Crippen LogP contribution in [0.1, 0.15) is 27.6 Å². The minimum Gasteiger partial charge on any atom is -0.464 e. The van der Waals surface area contributed by atoms with Crippen LogP contribution in [0.4, 0.5) is 4.79 Å². The molecule has 3 amide bonds. The zero-order valence-corrected chi connectivity index (χ0v) is 9.08. The Morgan fingerprint density at radius 3 is 2.06 bits per heavy atom. The molecule has 1 heterocycles. The van der Waals surface area contributed by atoms with Gasteiger partial charge in [0.1, 0.15) is 0 Å². The van der Waals surface area contributed by atoms with Gasteiger partial charge in [-0.3, -0.25) is 9.59 Å². The number of hydrazine groups is 1. The number of fused-ring (bicyclic) bond motifs is 1. The molecule has 17 heavy (non-hydrogen) atoms. The number of carboxylic acid groups (broad SMARTS) is 1. The number of carbonyl (C=O) groups is 3. The van der Waals surface area contributed by atoms with Crippen molar-refractivity contribution in [3.63, 3.8) is 0 Å². The van der Waals surface area contributed by atoms with Crippen LogP contribution in [0.5, 0.6) is 0 Å². The summed E-state index contributed by atoms with van der Waals surface area (Å²) in [5, 5.41) is 10.3. The van der Waals surface area contributed by atoms with E-state index in [1.165, 1.54) is 12.1 Å². The van der Waals surface area contributed by atoms with E-state index < -0.39 is 17.9 Å². The summed E-state index contributed by atoms with van der Waals surface area (Å²) in [7, 11) is 0. The predicted octanol–water partition coefficient (Wildman–Crippen LogP) is 1.20. The van der Waals surface area contributed by atoms with Gasteiger partial charge in [-0.25, -0.2) is 9.80 Å². The number of benzene rings is 1. The molecule has 0 saturated carbocycles. The third-order valence-corrected chi connectivity index (χ3v) is 2.53. The molecular formula is C11H10N2O4. The molecule has 1 aliphatic heterocycles. The van der Waals surface area contributed by atoms with Crippen LogP contribution in [-0.4, -0.2) is 39.6 Å². The number of rotatable bonds is 2. The lowest BCUT2D eigenvalue weighted by Gasteiger charge is -2.25. The Hall–Kier alpha value is -2.37. The number of hydrogen-bond donors (Lipinski definition) is 1. The average molecular weight is 234 g/mol. The third kappa shape index (κ3) is 1.54. The molecule has 0 atom stereocenters. The summed E-state index contributed by atoms with van der Waals surface area (Å²) in [4.78, 5) is 34.8. The van der Waals surface area contributed by atoms with Gasteiger partial charge in [-0.05, 0) is 19.1 Å². The number of nitrogens with zero attached hydrogens (tertiary/aromatic N) is 2. The van der Waals surface area contributed by atoms with Crippen molar-refractivity contribution >= 4 is 17.9 Å². The molecule has 0 aromatic heterocycles. The lowest BCUT2D eigenvalue weighted by Crippen LogP contribution is -2.48. The zero-order chi connectivity index (χ0) is 12.6. The largest absolute Gasteiger partial charge is 0.464 e. The number of imide groups is 1. The van der Waals surface area contributed by atoms with Crippen LogP contribution in [0.15, 0.2) is 24.3 Å². The molecule has 0 radical (unpaired) electrons. The summed E-state index contributed by atoms with van der Waals surface area (Å²) in [6.07, 6.45) is -1.33. The van der Waals surface area contributed by atoms with Crippen LogP contribution in [0.3, 0.4) is 0 Å². The number of amides is 3. The highest BCUT2D eigenvalue weighted by Crippen LogP contribution is 2.23. The van der Waals surface area contributed by atoms with E-state index in [-0.39, 0.29) is 17.7 Å². The standard InChI is InChI=1S/C11H10N2O4/c1-2-12(11(16)17)13-9(14)7-5-3-4-6-8(7)10(13)15/h3-6H,2H2,1H3,(H,16,17). The quantitative estimate of drug-likeness (QED) is 0.780. The normalized spacial score (nSPS) is 13.8. The van der Waals surface area contributed by atoms with E-state index in [0.717, 1.165) is 0 Å². The minimum atomic E-state index is -1.33. The van der Waals surface area contributed by atoms with Crippen LogP contribution in [0, 0.1) is 0 Å². The number of hydrogen-bond acceptors (Lipinski definition) is 3. The van der Waals surface area contributed by atoms with E-state index in [1.807, 2.05) is 0 Å². The molecule has 0 aliphatic carbocycles. The Balaban J connectivity index is 2.46. The van der Waals surface area contributed by atoms with Crippen LogP contribution >= 0.6 is 0 Å². The second-order valence-corrected chi connectivity index (χ2v) is 3.47. The molecule has 0 bridgehead atoms. The molecule has 1 aromatic carbocycles. The van der Waals surface area contributed by atoms with Crippen molar-refractivity contribution in [2.45, 2.75) is 6.92 Å². The molecule has 2 rings (SSSR count). The fraction of sp³-hybridized carbons (Fsp3) is 0.182. The highest BCUT2D eigenvalue weighted by molar-refractivity contribution is 6.21. The van der Waals surface area contributed by atoms with Gasteiger partial charge in [0.05, 0.1) is 11.1 Å². The summed E-state index contributed by atoms with van der Waals surface area (Å²) in [6.45, 7) is 1.58. The van der Waals surface area contributed by atoms with Crippen LogP contribution in [0.2, 0.25) is 0 Å². The first-order valence-corrected chi connectivity index (χ1v) is 5.06. The van der Waals surface area contributed by atoms with Crippen molar-refractivity contribution in [3.05, 3.63) is 35.4 Å². The summed E-state index contributed by atoms with van der Waals surface area (Å²) < 4.78 is 0. The van der Waals surface area contributed by atoms with Crippen molar-refractivity contribution in [3.8, 4) is 0 Å². The highest BCUT2D eigenvalue weighted by Gasteiger charge is 2.40. The summed E-state index contributed by atoms with van der Waals surface area (Å²) >= 11 is 0. The molecule has 0 fully saturated rings. The van der Waals surface area contributed by atoms with Gasteiger partial charge in [0, 0.05) is 6.54 Å². The fourth-order valence-corrected chi connectivity index (χ4v) is 1.76. The Morgan fingerprint density at radius 1 is 1.24 bits per heavy atom. The fourth-order valence-electron chi connectivity index (χ4n) is 1.76. The van der Waals surface area contributed by atoms with Gasteiger partial charge >= 0.3 is 6.09 Å². The smallest absolute Gasteiger partial charge is 0.426 e. The Labute approximate surface area is 97.0 Å². The first kappa shape index (κ1) is 11.1. The van der Waals surface area contributed by atoms with E-state index in [4.69, 9.17) is 5.11 Å². The molecular weight excluding hydrogens is 224 g/mol. The highest BCUT2D eigenvalue weighted by atomic mass is 16.4. The number of carbonyl (C=O) groups excluding carboxylic acids is 2. The maximum Gasteiger partial charge on any atom is 0.426 e. The molecule has 0 spiro atoms. The first-order chi connectivity index (χ1) is 8.07. The second kappa shape index (κ2) is 3.89. The summed E-state index contributed by atoms with van der Waals surface area (Å²) in [5.41, 5.74) is 0.467. The summed E-state index contributed by atoms with van der Waals surface area (Å²) in [5.74, 6) is -1.20. The first-order valence-electron chi connectivity index (χ1n) is 5.06. The van der Waals surface area contributed by atoms with Gasteiger partial charge in [-0.15, -0.1) is 0 Å². The molecule has 0 saturated heterocycles. The molecule has 1 aliphatic rings. The second-order valence-electron chi connectivity index (χ2n) is 3.47. The third-order valence-electron chi connectivity index (χ3n) is 2.53. The van der Waals surface area contributed by atoms with E-state index >= 15 is 0 Å². The molecule has 6 heteroatoms. The predicted molar refractivity (Wildman–Crippen MR) is 57.3 cm³/mol. The van der Waals surface area contributed by atoms with Gasteiger partial charge in [-0.1, -0.05) is 12.1 Å². The van der Waals surface area contributed by atoms with E-state index in [2.05, 4.69) is 0 Å². The zero-order valence-electron chi connectivity index (χ0n) is 9.08. The van der Waals surface area contributed by atoms with Crippen molar-refractivity contribution in [2.75, 3.05) is 6.54 Å². The van der Waals surface area contributed by atoms with Gasteiger partial charge in [0.15, 0.2) is 0 Å². The van der Waals surface area contributed by atoms with Gasteiger partial charge in [-0.2, -0.15) is 5.01 Å². The van der Waals surface area contributed by atoms with Gasteiger partial charge in [0.2, 0.25) is 0 Å². The lowest BCUT2D eigenvalue weighted by atomic mass is 10.1. The van der Waals surface area contributed by atoms with Crippen molar-refractivity contribution in [1.29, 1.82) is 0 Å². The Kier molecular flexibility index (Phi) is 2.55. The maximum absolute atomic E-state index is 11.9. The average Bonchev–Trinajstić information content (AvgIpc) is 2.56. The topological polar surface area (TPSA) is 77.9 Å². The Bertz CT molecular complexity index is 477. The van der Waals surface area contributed by atoms with Crippen LogP contribution in [-0.2, 0) is 0 Å². The Morgan fingerprint density at radius 2 is 1.71 bits per heavy atom. The SMILES string of the molecule is CCN(C(=O)O)N1C(=O)c2ccccc2C1=O. The molecule has 1 N–H and O–H groups in total. The van der Waals surface area contributed by atoms with Crippen LogP contribution in [0.25, 0.3) is 0 Å². The van der Waals surface area contributed by atoms with Crippen molar-refractivity contribution in [2.24, 2.45) is 0 Å². The van der Waals surface area contributed by atoms with Crippen molar-refractivity contribution < 1.29 is 19.5 Å². The minimum absolute atomic E-state index is 0.0286.